The Hall–Kier alpha value is -3.33. The summed E-state index contributed by atoms with van der Waals surface area (Å²) in [6, 6.07) is 10.9. The van der Waals surface area contributed by atoms with Crippen molar-refractivity contribution in [3.8, 4) is 11.4 Å². The van der Waals surface area contributed by atoms with Gasteiger partial charge in [0.1, 0.15) is 17.2 Å². The van der Waals surface area contributed by atoms with Crippen molar-refractivity contribution in [1.82, 2.24) is 4.57 Å². The van der Waals surface area contributed by atoms with E-state index in [1.807, 2.05) is 0 Å². The van der Waals surface area contributed by atoms with E-state index in [4.69, 9.17) is 5.73 Å². The van der Waals surface area contributed by atoms with E-state index in [0.717, 1.165) is 12.1 Å². The Labute approximate surface area is 163 Å². The van der Waals surface area contributed by atoms with Gasteiger partial charge >= 0.3 is 12.3 Å². The number of carbonyl (C=O) groups is 2. The molecule has 0 aliphatic carbocycles. The fourth-order valence-electron chi connectivity index (χ4n) is 3.14. The zero-order chi connectivity index (χ0) is 21.3. The Morgan fingerprint density at radius 1 is 1.17 bits per heavy atom. The molecule has 6 nitrogen and oxygen atoms in total. The molecule has 29 heavy (non-hydrogen) atoms. The molecule has 3 aromatic rings. The normalized spacial score (nSPS) is 12.7. The van der Waals surface area contributed by atoms with Gasteiger partial charge in [0.2, 0.25) is 0 Å². The Kier molecular flexibility index (Phi) is 5.34. The zero-order valence-corrected chi connectivity index (χ0v) is 15.2. The van der Waals surface area contributed by atoms with Crippen LogP contribution in [-0.2, 0) is 4.79 Å². The molecule has 1 heterocycles. The highest BCUT2D eigenvalue weighted by molar-refractivity contribution is 5.96. The predicted molar refractivity (Wildman–Crippen MR) is 99.1 cm³/mol. The lowest BCUT2D eigenvalue weighted by atomic mass is 10.0. The monoisotopic (exact) mass is 406 g/mol. The highest BCUT2D eigenvalue weighted by Gasteiger charge is 2.31. The van der Waals surface area contributed by atoms with E-state index in [9.17, 15) is 27.9 Å². The lowest BCUT2D eigenvalue weighted by molar-refractivity contribution is -0.274. The molecule has 1 aromatic heterocycles. The molecule has 9 heteroatoms. The number of carboxylic acid groups (broad SMARTS) is 1. The lowest BCUT2D eigenvalue weighted by Crippen LogP contribution is -2.17. The summed E-state index contributed by atoms with van der Waals surface area (Å²) in [6.07, 6.45) is -4.77. The van der Waals surface area contributed by atoms with E-state index in [-0.39, 0.29) is 23.4 Å². The van der Waals surface area contributed by atoms with Gasteiger partial charge in [-0.2, -0.15) is 0 Å². The summed E-state index contributed by atoms with van der Waals surface area (Å²) in [5.74, 6) is -1.82. The summed E-state index contributed by atoms with van der Waals surface area (Å²) < 4.78 is 43.0. The molecule has 3 N–H and O–H groups in total. The molecule has 0 amide bonds. The van der Waals surface area contributed by atoms with E-state index in [2.05, 4.69) is 4.74 Å². The van der Waals surface area contributed by atoms with Crippen LogP contribution in [-0.4, -0.2) is 27.8 Å². The quantitative estimate of drug-likeness (QED) is 0.640. The zero-order valence-electron chi connectivity index (χ0n) is 15.2. The van der Waals surface area contributed by atoms with Crippen molar-refractivity contribution >= 4 is 22.7 Å². The molecular formula is C20H17F3N2O4. The van der Waals surface area contributed by atoms with Crippen LogP contribution in [0.5, 0.6) is 5.75 Å². The van der Waals surface area contributed by atoms with Gasteiger partial charge in [-0.1, -0.05) is 12.1 Å². The number of nitrogens with zero attached hydrogens (tertiary/aromatic N) is 1. The number of aromatic nitrogens is 1. The fraction of sp³-hybridized carbons (Fsp3) is 0.200. The molecule has 1 atom stereocenters. The van der Waals surface area contributed by atoms with Crippen molar-refractivity contribution in [2.75, 3.05) is 0 Å². The fourth-order valence-corrected chi connectivity index (χ4v) is 3.14. The van der Waals surface area contributed by atoms with Crippen molar-refractivity contribution in [3.05, 3.63) is 59.8 Å². The van der Waals surface area contributed by atoms with Gasteiger partial charge < -0.3 is 20.1 Å². The summed E-state index contributed by atoms with van der Waals surface area (Å²) in [5.41, 5.74) is 7.10. The molecule has 0 spiro atoms. The minimum atomic E-state index is -4.87. The second-order valence-electron chi connectivity index (χ2n) is 6.55. The van der Waals surface area contributed by atoms with E-state index < -0.39 is 24.1 Å². The minimum Gasteiger partial charge on any atom is -0.477 e. The first-order chi connectivity index (χ1) is 13.5. The average molecular weight is 406 g/mol. The molecule has 0 saturated heterocycles. The third-order valence-electron chi connectivity index (χ3n) is 4.29. The molecule has 0 saturated carbocycles. The van der Waals surface area contributed by atoms with E-state index >= 15 is 0 Å². The van der Waals surface area contributed by atoms with Crippen molar-refractivity contribution in [3.63, 3.8) is 0 Å². The lowest BCUT2D eigenvalue weighted by Gasteiger charge is -2.15. The van der Waals surface area contributed by atoms with Crippen LogP contribution in [0.3, 0.4) is 0 Å². The van der Waals surface area contributed by atoms with Gasteiger partial charge in [0.15, 0.2) is 0 Å². The SMILES string of the molecule is CC(=O)CC(N)c1cccc(-n2c(C(=O)O)cc3ccc(OC(F)(F)F)cc32)c1. The highest BCUT2D eigenvalue weighted by atomic mass is 19.4. The first-order valence-corrected chi connectivity index (χ1v) is 8.55. The second kappa shape index (κ2) is 7.59. The average Bonchev–Trinajstić information content (AvgIpc) is 2.99. The number of hydrogen-bond acceptors (Lipinski definition) is 4. The predicted octanol–water partition coefficient (Wildman–Crippen LogP) is 4.21. The number of Topliss-reactive ketones (excluding diaryl/α,β-unsaturated/α-hetero) is 1. The Bertz CT molecular complexity index is 1090. The Morgan fingerprint density at radius 2 is 1.90 bits per heavy atom. The maximum Gasteiger partial charge on any atom is 0.573 e. The number of ether oxygens (including phenoxy) is 1. The topological polar surface area (TPSA) is 94.6 Å². The van der Waals surface area contributed by atoms with Crippen molar-refractivity contribution in [1.29, 1.82) is 0 Å². The van der Waals surface area contributed by atoms with Gasteiger partial charge in [0, 0.05) is 29.6 Å². The van der Waals surface area contributed by atoms with Gasteiger partial charge in [0.25, 0.3) is 0 Å². The van der Waals surface area contributed by atoms with Crippen LogP contribution in [0.2, 0.25) is 0 Å². The van der Waals surface area contributed by atoms with E-state index in [0.29, 0.717) is 16.6 Å². The van der Waals surface area contributed by atoms with Crippen LogP contribution in [0.4, 0.5) is 13.2 Å². The van der Waals surface area contributed by atoms with Crippen LogP contribution < -0.4 is 10.5 Å². The smallest absolute Gasteiger partial charge is 0.477 e. The highest BCUT2D eigenvalue weighted by Crippen LogP contribution is 2.31. The van der Waals surface area contributed by atoms with Gasteiger partial charge in [-0.05, 0) is 42.8 Å². The standard InChI is InChI=1S/C20H17F3N2O4/c1-11(26)7-16(24)12-3-2-4-14(8-12)25-17-10-15(29-20(21,22)23)6-5-13(17)9-18(25)19(27)28/h2-6,8-10,16H,7,24H2,1H3,(H,27,28). The Balaban J connectivity index is 2.16. The third-order valence-corrected chi connectivity index (χ3v) is 4.29. The molecule has 3 rings (SSSR count). The van der Waals surface area contributed by atoms with Gasteiger partial charge in [-0.3, -0.25) is 4.79 Å². The largest absolute Gasteiger partial charge is 0.573 e. The van der Waals surface area contributed by atoms with Crippen LogP contribution >= 0.6 is 0 Å². The maximum atomic E-state index is 12.6. The number of halogens is 3. The first kappa shape index (κ1) is 20.4. The molecule has 0 radical (unpaired) electrons. The molecule has 1 unspecified atom stereocenters. The number of benzene rings is 2. The molecule has 2 aromatic carbocycles. The molecule has 0 fully saturated rings. The summed E-state index contributed by atoms with van der Waals surface area (Å²) >= 11 is 0. The van der Waals surface area contributed by atoms with Crippen molar-refractivity contribution < 1.29 is 32.6 Å². The van der Waals surface area contributed by atoms with Crippen molar-refractivity contribution in [2.45, 2.75) is 25.7 Å². The molecule has 0 bridgehead atoms. The van der Waals surface area contributed by atoms with Crippen molar-refractivity contribution in [2.24, 2.45) is 5.73 Å². The third kappa shape index (κ3) is 4.57. The second-order valence-corrected chi connectivity index (χ2v) is 6.55. The Morgan fingerprint density at radius 3 is 2.52 bits per heavy atom. The molecule has 0 aliphatic rings. The number of carbonyl (C=O) groups excluding carboxylic acids is 1. The number of nitrogens with two attached hydrogens (primary N) is 1. The summed E-state index contributed by atoms with van der Waals surface area (Å²) in [7, 11) is 0. The minimum absolute atomic E-state index is 0.102. The number of fused-ring (bicyclic) bond motifs is 1. The molecule has 152 valence electrons. The van der Waals surface area contributed by atoms with Crippen LogP contribution in [0.25, 0.3) is 16.6 Å². The number of rotatable bonds is 6. The van der Waals surface area contributed by atoms with Gasteiger partial charge in [0.05, 0.1) is 5.52 Å². The maximum absolute atomic E-state index is 12.6. The summed E-state index contributed by atoms with van der Waals surface area (Å²) in [5, 5.41) is 10.0. The van der Waals surface area contributed by atoms with Crippen LogP contribution in [0.15, 0.2) is 48.5 Å². The molecular weight excluding hydrogens is 389 g/mol. The van der Waals surface area contributed by atoms with E-state index in [1.54, 1.807) is 24.3 Å². The summed E-state index contributed by atoms with van der Waals surface area (Å²) in [4.78, 5) is 23.1. The van der Waals surface area contributed by atoms with E-state index in [1.165, 1.54) is 23.6 Å². The van der Waals surface area contributed by atoms with Gasteiger partial charge in [-0.25, -0.2) is 4.79 Å². The van der Waals surface area contributed by atoms with Crippen LogP contribution in [0.1, 0.15) is 35.4 Å². The number of aromatic carboxylic acids is 1. The summed E-state index contributed by atoms with van der Waals surface area (Å²) in [6.45, 7) is 1.41. The number of ketones is 1. The number of alkyl halides is 3. The number of carboxylic acids is 1. The number of hydrogen-bond donors (Lipinski definition) is 2. The molecule has 0 aliphatic heterocycles. The van der Waals surface area contributed by atoms with Crippen LogP contribution in [0, 0.1) is 0 Å². The van der Waals surface area contributed by atoms with Gasteiger partial charge in [-0.15, -0.1) is 13.2 Å². The first-order valence-electron chi connectivity index (χ1n) is 8.55.